The van der Waals surface area contributed by atoms with Gasteiger partial charge in [-0.05, 0) is 13.1 Å². The number of aromatic nitrogens is 2. The Balaban J connectivity index is 1.89. The van der Waals surface area contributed by atoms with E-state index < -0.39 is 0 Å². The van der Waals surface area contributed by atoms with E-state index in [1.54, 1.807) is 26.4 Å². The first kappa shape index (κ1) is 18.3. The van der Waals surface area contributed by atoms with Crippen molar-refractivity contribution in [3.63, 3.8) is 0 Å². The first-order valence-electron chi connectivity index (χ1n) is 8.26. The molecule has 2 aromatic rings. The molecular formula is C17H23ClN6O2. The highest BCUT2D eigenvalue weighted by Crippen LogP contribution is 2.38. The molecule has 1 aromatic heterocycles. The van der Waals surface area contributed by atoms with Crippen molar-refractivity contribution in [3.05, 3.63) is 23.5 Å². The number of nitrogens with one attached hydrogen (secondary N) is 1. The van der Waals surface area contributed by atoms with Crippen molar-refractivity contribution < 1.29 is 9.47 Å². The van der Waals surface area contributed by atoms with Crippen LogP contribution in [-0.4, -0.2) is 62.3 Å². The zero-order chi connectivity index (χ0) is 18.7. The van der Waals surface area contributed by atoms with Gasteiger partial charge < -0.3 is 30.3 Å². The lowest BCUT2D eigenvalue weighted by Gasteiger charge is -2.33. The summed E-state index contributed by atoms with van der Waals surface area (Å²) >= 11 is 6.23. The van der Waals surface area contributed by atoms with Gasteiger partial charge >= 0.3 is 0 Å². The molecule has 9 heteroatoms. The monoisotopic (exact) mass is 378 g/mol. The number of ether oxygens (including phenoxy) is 2. The van der Waals surface area contributed by atoms with Gasteiger partial charge in [-0.2, -0.15) is 0 Å². The maximum Gasteiger partial charge on any atom is 0.159 e. The molecule has 26 heavy (non-hydrogen) atoms. The number of nitrogens with two attached hydrogens (primary N) is 1. The Morgan fingerprint density at radius 2 is 1.77 bits per heavy atom. The van der Waals surface area contributed by atoms with E-state index in [9.17, 15) is 0 Å². The lowest BCUT2D eigenvalue weighted by atomic mass is 10.2. The van der Waals surface area contributed by atoms with Gasteiger partial charge in [0, 0.05) is 32.2 Å². The summed E-state index contributed by atoms with van der Waals surface area (Å²) in [6, 6.07) is 3.43. The molecule has 0 aliphatic carbocycles. The molecule has 8 nitrogen and oxygen atoms in total. The molecule has 1 aromatic carbocycles. The van der Waals surface area contributed by atoms with Gasteiger partial charge in [-0.25, -0.2) is 9.97 Å². The van der Waals surface area contributed by atoms with Crippen molar-refractivity contribution in [3.8, 4) is 11.5 Å². The molecular weight excluding hydrogens is 356 g/mol. The van der Waals surface area contributed by atoms with E-state index in [0.717, 1.165) is 32.0 Å². The second-order valence-corrected chi connectivity index (χ2v) is 6.47. The van der Waals surface area contributed by atoms with Crippen LogP contribution < -0.4 is 25.4 Å². The Labute approximate surface area is 157 Å². The number of halogens is 1. The van der Waals surface area contributed by atoms with E-state index in [1.807, 2.05) is 0 Å². The van der Waals surface area contributed by atoms with Crippen molar-refractivity contribution in [2.24, 2.45) is 0 Å². The third-order valence-corrected chi connectivity index (χ3v) is 4.69. The van der Waals surface area contributed by atoms with Gasteiger partial charge in [0.1, 0.15) is 23.5 Å². The molecule has 0 amide bonds. The molecule has 1 aliphatic heterocycles. The average Bonchev–Trinajstić information content (AvgIpc) is 2.64. The van der Waals surface area contributed by atoms with Crippen molar-refractivity contribution >= 4 is 34.6 Å². The van der Waals surface area contributed by atoms with Crippen LogP contribution in [0.15, 0.2) is 18.5 Å². The third kappa shape index (κ3) is 3.71. The SMILES string of the molecule is COc1cc(OC)c(Nc2ncnc(N3CCN(C)CC3)c2N)cc1Cl. The minimum absolute atomic E-state index is 0.461. The van der Waals surface area contributed by atoms with Gasteiger partial charge in [-0.3, -0.25) is 0 Å². The third-order valence-electron chi connectivity index (χ3n) is 4.39. The zero-order valence-electron chi connectivity index (χ0n) is 15.1. The van der Waals surface area contributed by atoms with E-state index in [1.165, 1.54) is 6.33 Å². The van der Waals surface area contributed by atoms with E-state index >= 15 is 0 Å². The zero-order valence-corrected chi connectivity index (χ0v) is 15.9. The summed E-state index contributed by atoms with van der Waals surface area (Å²) in [6.07, 6.45) is 1.50. The van der Waals surface area contributed by atoms with Crippen molar-refractivity contribution in [1.82, 2.24) is 14.9 Å². The quantitative estimate of drug-likeness (QED) is 0.818. The Kier molecular flexibility index (Phi) is 5.53. The molecule has 1 aliphatic rings. The topological polar surface area (TPSA) is 88.8 Å². The largest absolute Gasteiger partial charge is 0.495 e. The van der Waals surface area contributed by atoms with Crippen molar-refractivity contribution in [1.29, 1.82) is 0 Å². The smallest absolute Gasteiger partial charge is 0.159 e. The lowest BCUT2D eigenvalue weighted by Crippen LogP contribution is -2.45. The highest BCUT2D eigenvalue weighted by atomic mass is 35.5. The summed E-state index contributed by atoms with van der Waals surface area (Å²) in [4.78, 5) is 13.1. The number of rotatable bonds is 5. The van der Waals surface area contributed by atoms with E-state index in [-0.39, 0.29) is 0 Å². The van der Waals surface area contributed by atoms with Crippen LogP contribution in [0.3, 0.4) is 0 Å². The summed E-state index contributed by atoms with van der Waals surface area (Å²) in [7, 11) is 5.23. The fraction of sp³-hybridized carbons (Fsp3) is 0.412. The second-order valence-electron chi connectivity index (χ2n) is 6.06. The van der Waals surface area contributed by atoms with Crippen LogP contribution in [0.1, 0.15) is 0 Å². The van der Waals surface area contributed by atoms with Crippen LogP contribution in [0, 0.1) is 0 Å². The Morgan fingerprint density at radius 3 is 2.42 bits per heavy atom. The molecule has 1 fully saturated rings. The maximum absolute atomic E-state index is 6.34. The second kappa shape index (κ2) is 7.84. The predicted octanol–water partition coefficient (Wildman–Crippen LogP) is 2.22. The molecule has 1 saturated heterocycles. The highest BCUT2D eigenvalue weighted by molar-refractivity contribution is 6.32. The number of likely N-dealkylation sites (N-methyl/N-ethyl adjacent to an activating group) is 1. The number of hydrogen-bond donors (Lipinski definition) is 2. The fourth-order valence-electron chi connectivity index (χ4n) is 2.84. The number of anilines is 4. The van der Waals surface area contributed by atoms with Crippen LogP contribution in [-0.2, 0) is 0 Å². The van der Waals surface area contributed by atoms with Crippen LogP contribution in [0.5, 0.6) is 11.5 Å². The molecule has 0 unspecified atom stereocenters. The highest BCUT2D eigenvalue weighted by Gasteiger charge is 2.20. The number of nitrogen functional groups attached to an aromatic ring is 1. The lowest BCUT2D eigenvalue weighted by molar-refractivity contribution is 0.312. The summed E-state index contributed by atoms with van der Waals surface area (Å²) in [5.74, 6) is 2.34. The van der Waals surface area contributed by atoms with E-state index in [4.69, 9.17) is 26.8 Å². The number of benzene rings is 1. The summed E-state index contributed by atoms with van der Waals surface area (Å²) < 4.78 is 10.6. The first-order chi connectivity index (χ1) is 12.5. The minimum Gasteiger partial charge on any atom is -0.495 e. The maximum atomic E-state index is 6.34. The summed E-state index contributed by atoms with van der Waals surface area (Å²) in [5.41, 5.74) is 7.48. The standard InChI is InChI=1S/C17H23ClN6O2/c1-23-4-6-24(7-5-23)17-15(19)16(20-10-21-17)22-12-8-11(18)13(25-2)9-14(12)26-3/h8-10H,4-7,19H2,1-3H3,(H,20,21,22). The minimum atomic E-state index is 0.461. The van der Waals surface area contributed by atoms with Crippen LogP contribution >= 0.6 is 11.6 Å². The number of nitrogens with zero attached hydrogens (tertiary/aromatic N) is 4. The molecule has 140 valence electrons. The Morgan fingerprint density at radius 1 is 1.08 bits per heavy atom. The molecule has 0 saturated carbocycles. The van der Waals surface area contributed by atoms with Gasteiger partial charge in [0.25, 0.3) is 0 Å². The first-order valence-corrected chi connectivity index (χ1v) is 8.63. The Bertz CT molecular complexity index is 780. The molecule has 2 heterocycles. The van der Waals surface area contributed by atoms with Crippen LogP contribution in [0.25, 0.3) is 0 Å². The van der Waals surface area contributed by atoms with Crippen LogP contribution in [0.2, 0.25) is 5.02 Å². The molecule has 3 N–H and O–H groups in total. The van der Waals surface area contributed by atoms with Gasteiger partial charge in [0.05, 0.1) is 24.9 Å². The molecule has 0 bridgehead atoms. The molecule has 0 atom stereocenters. The summed E-state index contributed by atoms with van der Waals surface area (Å²) in [5, 5.41) is 3.65. The summed E-state index contributed by atoms with van der Waals surface area (Å²) in [6.45, 7) is 3.67. The van der Waals surface area contributed by atoms with Gasteiger partial charge in [-0.1, -0.05) is 11.6 Å². The average molecular weight is 379 g/mol. The predicted molar refractivity (Wildman–Crippen MR) is 104 cm³/mol. The molecule has 0 radical (unpaired) electrons. The normalized spacial score (nSPS) is 15.0. The van der Waals surface area contributed by atoms with Gasteiger partial charge in [0.2, 0.25) is 0 Å². The number of methoxy groups -OCH3 is 2. The van der Waals surface area contributed by atoms with Crippen LogP contribution in [0.4, 0.5) is 23.0 Å². The Hall–Kier alpha value is -2.45. The number of hydrogen-bond acceptors (Lipinski definition) is 8. The van der Waals surface area contributed by atoms with Gasteiger partial charge in [0.15, 0.2) is 11.6 Å². The van der Waals surface area contributed by atoms with E-state index in [0.29, 0.717) is 33.7 Å². The molecule has 0 spiro atoms. The molecule has 3 rings (SSSR count). The van der Waals surface area contributed by atoms with Crippen molar-refractivity contribution in [2.75, 3.05) is 63.4 Å². The number of piperazine rings is 1. The van der Waals surface area contributed by atoms with E-state index in [2.05, 4.69) is 32.1 Å². The van der Waals surface area contributed by atoms with Crippen molar-refractivity contribution in [2.45, 2.75) is 0 Å². The van der Waals surface area contributed by atoms with Gasteiger partial charge in [-0.15, -0.1) is 0 Å². The fourth-order valence-corrected chi connectivity index (χ4v) is 3.08.